The molecule has 3 rings (SSSR count). The molecule has 0 bridgehead atoms. The van der Waals surface area contributed by atoms with E-state index in [1.807, 2.05) is 0 Å². The van der Waals surface area contributed by atoms with E-state index >= 15 is 0 Å². The molecule has 2 N–H and O–H groups in total. The second-order valence-corrected chi connectivity index (χ2v) is 6.55. The van der Waals surface area contributed by atoms with Gasteiger partial charge in [0.1, 0.15) is 5.03 Å². The van der Waals surface area contributed by atoms with Crippen LogP contribution in [0.4, 0.5) is 11.5 Å². The molecule has 3 aromatic heterocycles. The van der Waals surface area contributed by atoms with Crippen molar-refractivity contribution in [3.05, 3.63) is 60.8 Å². The number of thioether (sulfide) groups is 1. The van der Waals surface area contributed by atoms with Crippen LogP contribution in [-0.4, -0.2) is 32.7 Å². The fourth-order valence-corrected chi connectivity index (χ4v) is 2.88. The normalized spacial score (nSPS) is 10.4. The molecule has 3 heterocycles. The molecule has 27 heavy (non-hydrogen) atoms. The van der Waals surface area contributed by atoms with Crippen molar-refractivity contribution in [3.8, 4) is 0 Å². The zero-order valence-corrected chi connectivity index (χ0v) is 15.1. The van der Waals surface area contributed by atoms with Crippen LogP contribution in [0.2, 0.25) is 0 Å². The fraction of sp³-hybridized carbons (Fsp3) is 0.167. The third-order valence-corrected chi connectivity index (χ3v) is 4.38. The Labute approximate surface area is 159 Å². The second kappa shape index (κ2) is 9.48. The van der Waals surface area contributed by atoms with Gasteiger partial charge in [-0.1, -0.05) is 0 Å². The van der Waals surface area contributed by atoms with Crippen LogP contribution >= 0.6 is 11.8 Å². The van der Waals surface area contributed by atoms with Crippen molar-refractivity contribution in [2.75, 3.05) is 16.4 Å². The lowest BCUT2D eigenvalue weighted by atomic mass is 10.3. The summed E-state index contributed by atoms with van der Waals surface area (Å²) in [6, 6.07) is 10.2. The maximum Gasteiger partial charge on any atom is 0.292 e. The Balaban J connectivity index is 1.37. The van der Waals surface area contributed by atoms with Gasteiger partial charge >= 0.3 is 0 Å². The molecule has 3 aromatic rings. The predicted molar refractivity (Wildman–Crippen MR) is 102 cm³/mol. The highest BCUT2D eigenvalue weighted by Gasteiger charge is 2.10. The molecule has 2 amide bonds. The standard InChI is InChI=1S/C18H17N5O3S/c24-16(20-13-4-1-9-19-12-13)6-3-11-27-17-8-7-15(22-23-17)21-18(25)14-5-2-10-26-14/h1-2,4-5,7-10,12H,3,6,11H2,(H,20,24)(H,21,22,25). The number of aromatic nitrogens is 3. The average molecular weight is 383 g/mol. The summed E-state index contributed by atoms with van der Waals surface area (Å²) >= 11 is 1.50. The van der Waals surface area contributed by atoms with Crippen molar-refractivity contribution in [2.45, 2.75) is 17.9 Å². The van der Waals surface area contributed by atoms with E-state index < -0.39 is 0 Å². The minimum Gasteiger partial charge on any atom is -0.459 e. The minimum absolute atomic E-state index is 0.0503. The van der Waals surface area contributed by atoms with Crippen molar-refractivity contribution < 1.29 is 14.0 Å². The molecule has 0 spiro atoms. The van der Waals surface area contributed by atoms with E-state index in [4.69, 9.17) is 4.42 Å². The lowest BCUT2D eigenvalue weighted by molar-refractivity contribution is -0.116. The quantitative estimate of drug-likeness (QED) is 0.454. The van der Waals surface area contributed by atoms with Crippen LogP contribution in [0.25, 0.3) is 0 Å². The maximum atomic E-state index is 11.8. The van der Waals surface area contributed by atoms with Crippen LogP contribution in [0.15, 0.2) is 64.5 Å². The zero-order chi connectivity index (χ0) is 18.9. The second-order valence-electron chi connectivity index (χ2n) is 5.43. The van der Waals surface area contributed by atoms with E-state index in [2.05, 4.69) is 25.8 Å². The molecule has 0 fully saturated rings. The van der Waals surface area contributed by atoms with Gasteiger partial charge < -0.3 is 15.1 Å². The maximum absolute atomic E-state index is 11.8. The molecule has 138 valence electrons. The van der Waals surface area contributed by atoms with E-state index in [0.717, 1.165) is 10.8 Å². The summed E-state index contributed by atoms with van der Waals surface area (Å²) in [5.74, 6) is 0.851. The van der Waals surface area contributed by atoms with Gasteiger partial charge in [-0.2, -0.15) is 0 Å². The third-order valence-electron chi connectivity index (χ3n) is 3.37. The molecule has 0 radical (unpaired) electrons. The number of anilines is 2. The van der Waals surface area contributed by atoms with Crippen molar-refractivity contribution >= 4 is 35.1 Å². The molecule has 0 aliphatic carbocycles. The SMILES string of the molecule is O=C(CCCSc1ccc(NC(=O)c2ccco2)nn1)Nc1cccnc1. The molecule has 0 atom stereocenters. The zero-order valence-electron chi connectivity index (χ0n) is 14.3. The van der Waals surface area contributed by atoms with Crippen LogP contribution in [-0.2, 0) is 4.79 Å². The molecule has 0 unspecified atom stereocenters. The number of pyridine rings is 1. The first-order valence-electron chi connectivity index (χ1n) is 8.22. The molecular weight excluding hydrogens is 366 g/mol. The van der Waals surface area contributed by atoms with Crippen molar-refractivity contribution in [3.63, 3.8) is 0 Å². The van der Waals surface area contributed by atoms with Gasteiger partial charge in [0.2, 0.25) is 5.91 Å². The highest BCUT2D eigenvalue weighted by atomic mass is 32.2. The Morgan fingerprint density at radius 3 is 2.70 bits per heavy atom. The minimum atomic E-state index is -0.380. The number of carbonyl (C=O) groups excluding carboxylic acids is 2. The van der Waals surface area contributed by atoms with Crippen LogP contribution in [0.3, 0.4) is 0 Å². The number of nitrogens with zero attached hydrogens (tertiary/aromatic N) is 3. The van der Waals surface area contributed by atoms with Crippen LogP contribution in [0, 0.1) is 0 Å². The first kappa shape index (κ1) is 18.6. The summed E-state index contributed by atoms with van der Waals surface area (Å²) in [7, 11) is 0. The lowest BCUT2D eigenvalue weighted by Gasteiger charge is -2.05. The van der Waals surface area contributed by atoms with Crippen LogP contribution in [0.5, 0.6) is 0 Å². The lowest BCUT2D eigenvalue weighted by Crippen LogP contribution is -2.12. The van der Waals surface area contributed by atoms with Gasteiger partial charge in [-0.05, 0) is 42.8 Å². The number of hydrogen-bond acceptors (Lipinski definition) is 7. The van der Waals surface area contributed by atoms with Gasteiger partial charge in [-0.3, -0.25) is 14.6 Å². The van der Waals surface area contributed by atoms with Gasteiger partial charge in [0.15, 0.2) is 11.6 Å². The third kappa shape index (κ3) is 5.93. The summed E-state index contributed by atoms with van der Waals surface area (Å²) in [6.45, 7) is 0. The Morgan fingerprint density at radius 2 is 2.00 bits per heavy atom. The topological polar surface area (TPSA) is 110 Å². The molecule has 0 aliphatic rings. The van der Waals surface area contributed by atoms with Crippen molar-refractivity contribution in [1.82, 2.24) is 15.2 Å². The van der Waals surface area contributed by atoms with Crippen molar-refractivity contribution in [2.24, 2.45) is 0 Å². The van der Waals surface area contributed by atoms with Gasteiger partial charge in [-0.15, -0.1) is 22.0 Å². The molecular formula is C18H17N5O3S. The smallest absolute Gasteiger partial charge is 0.292 e. The van der Waals surface area contributed by atoms with Gasteiger partial charge in [-0.25, -0.2) is 0 Å². The molecule has 0 aromatic carbocycles. The number of carbonyl (C=O) groups is 2. The van der Waals surface area contributed by atoms with E-state index in [1.165, 1.54) is 18.0 Å². The van der Waals surface area contributed by atoms with Crippen LogP contribution < -0.4 is 10.6 Å². The highest BCUT2D eigenvalue weighted by Crippen LogP contribution is 2.17. The Bertz CT molecular complexity index is 870. The number of rotatable bonds is 8. The highest BCUT2D eigenvalue weighted by molar-refractivity contribution is 7.99. The predicted octanol–water partition coefficient (Wildman–Crippen LogP) is 3.23. The monoisotopic (exact) mass is 383 g/mol. The summed E-state index contributed by atoms with van der Waals surface area (Å²) < 4.78 is 5.01. The Morgan fingerprint density at radius 1 is 1.07 bits per heavy atom. The van der Waals surface area contributed by atoms with Gasteiger partial charge in [0.25, 0.3) is 5.91 Å². The summed E-state index contributed by atoms with van der Waals surface area (Å²) in [6.07, 6.45) is 5.80. The van der Waals surface area contributed by atoms with Gasteiger partial charge in [0.05, 0.1) is 18.1 Å². The first-order valence-corrected chi connectivity index (χ1v) is 9.20. The summed E-state index contributed by atoms with van der Waals surface area (Å²) in [4.78, 5) is 27.6. The average Bonchev–Trinajstić information content (AvgIpc) is 3.22. The number of hydrogen-bond donors (Lipinski definition) is 2. The fourth-order valence-electron chi connectivity index (χ4n) is 2.12. The molecule has 0 saturated heterocycles. The number of furan rings is 1. The van der Waals surface area contributed by atoms with E-state index in [0.29, 0.717) is 24.3 Å². The molecule has 0 aliphatic heterocycles. The van der Waals surface area contributed by atoms with E-state index in [9.17, 15) is 9.59 Å². The largest absolute Gasteiger partial charge is 0.459 e. The van der Waals surface area contributed by atoms with Gasteiger partial charge in [0, 0.05) is 18.4 Å². The number of nitrogens with one attached hydrogen (secondary N) is 2. The first-order chi connectivity index (χ1) is 13.2. The van der Waals surface area contributed by atoms with E-state index in [1.54, 1.807) is 48.8 Å². The molecule has 8 nitrogen and oxygen atoms in total. The van der Waals surface area contributed by atoms with Crippen LogP contribution in [0.1, 0.15) is 23.4 Å². The van der Waals surface area contributed by atoms with Crippen molar-refractivity contribution in [1.29, 1.82) is 0 Å². The van der Waals surface area contributed by atoms with E-state index in [-0.39, 0.29) is 17.6 Å². The summed E-state index contributed by atoms with van der Waals surface area (Å²) in [5.41, 5.74) is 0.688. The Kier molecular flexibility index (Phi) is 6.53. The summed E-state index contributed by atoms with van der Waals surface area (Å²) in [5, 5.41) is 14.1. The molecule has 0 saturated carbocycles. The Hall–Kier alpha value is -3.20. The molecule has 9 heteroatoms. The number of amides is 2.